The van der Waals surface area contributed by atoms with Crippen LogP contribution in [0.3, 0.4) is 0 Å². The minimum atomic E-state index is -0.141. The third-order valence-corrected chi connectivity index (χ3v) is 3.07. The van der Waals surface area contributed by atoms with Crippen molar-refractivity contribution in [2.75, 3.05) is 0 Å². The van der Waals surface area contributed by atoms with Crippen LogP contribution in [0.25, 0.3) is 5.69 Å². The number of hydrogen-bond acceptors (Lipinski definition) is 1. The average molecular weight is 271 g/mol. The third kappa shape index (κ3) is 2.40. The molecule has 0 aliphatic heterocycles. The van der Waals surface area contributed by atoms with Crippen molar-refractivity contribution in [1.29, 1.82) is 0 Å². The normalized spacial score (nSPS) is 11.1. The second-order valence-electron chi connectivity index (χ2n) is 4.14. The highest BCUT2D eigenvalue weighted by molar-refractivity contribution is 6.34. The number of rotatable bonds is 2. The second-order valence-corrected chi connectivity index (χ2v) is 4.98. The highest BCUT2D eigenvalue weighted by atomic mass is 35.5. The van der Waals surface area contributed by atoms with Gasteiger partial charge in [-0.2, -0.15) is 0 Å². The molecule has 0 amide bonds. The first-order valence-electron chi connectivity index (χ1n) is 5.26. The molecule has 1 aromatic carbocycles. The maximum absolute atomic E-state index is 11.8. The van der Waals surface area contributed by atoms with Crippen LogP contribution in [0.1, 0.15) is 25.5 Å². The molecule has 1 heterocycles. The van der Waals surface area contributed by atoms with Crippen LogP contribution in [0.15, 0.2) is 29.1 Å². The van der Waals surface area contributed by atoms with Crippen LogP contribution in [0.2, 0.25) is 10.0 Å². The summed E-state index contributed by atoms with van der Waals surface area (Å²) in [5.41, 5.74) is 1.29. The van der Waals surface area contributed by atoms with E-state index in [1.165, 1.54) is 4.68 Å². The van der Waals surface area contributed by atoms with Crippen molar-refractivity contribution < 1.29 is 0 Å². The van der Waals surface area contributed by atoms with E-state index in [1.54, 1.807) is 24.3 Å². The van der Waals surface area contributed by atoms with Gasteiger partial charge in [0.1, 0.15) is 0 Å². The SMILES string of the molecule is CC(C)c1cc(=O)n(-c2cc(Cl)ccc2Cl)[nH]1. The molecule has 0 radical (unpaired) electrons. The van der Waals surface area contributed by atoms with E-state index in [0.29, 0.717) is 15.7 Å². The third-order valence-electron chi connectivity index (χ3n) is 2.51. The van der Waals surface area contributed by atoms with E-state index in [0.717, 1.165) is 5.69 Å². The number of aromatic amines is 1. The Morgan fingerprint density at radius 3 is 2.53 bits per heavy atom. The summed E-state index contributed by atoms with van der Waals surface area (Å²) in [6.07, 6.45) is 0. The van der Waals surface area contributed by atoms with Gasteiger partial charge in [0.05, 0.1) is 10.7 Å². The van der Waals surface area contributed by atoms with Gasteiger partial charge < -0.3 is 0 Å². The summed E-state index contributed by atoms with van der Waals surface area (Å²) in [6, 6.07) is 6.58. The molecule has 1 N–H and O–H groups in total. The van der Waals surface area contributed by atoms with Crippen LogP contribution < -0.4 is 5.56 Å². The van der Waals surface area contributed by atoms with E-state index in [4.69, 9.17) is 23.2 Å². The molecule has 90 valence electrons. The van der Waals surface area contributed by atoms with E-state index in [2.05, 4.69) is 5.10 Å². The van der Waals surface area contributed by atoms with Gasteiger partial charge in [-0.25, -0.2) is 4.68 Å². The van der Waals surface area contributed by atoms with Crippen molar-refractivity contribution in [2.24, 2.45) is 0 Å². The summed E-state index contributed by atoms with van der Waals surface area (Å²) in [6.45, 7) is 4.02. The number of nitrogens with one attached hydrogen (secondary N) is 1. The molecule has 0 fully saturated rings. The van der Waals surface area contributed by atoms with E-state index < -0.39 is 0 Å². The Balaban J connectivity index is 2.60. The lowest BCUT2D eigenvalue weighted by Crippen LogP contribution is -2.13. The van der Waals surface area contributed by atoms with Gasteiger partial charge in [0.2, 0.25) is 0 Å². The molecule has 0 bridgehead atoms. The number of H-pyrrole nitrogens is 1. The molecule has 0 aliphatic carbocycles. The van der Waals surface area contributed by atoms with Gasteiger partial charge in [-0.1, -0.05) is 37.0 Å². The molecule has 0 saturated carbocycles. The van der Waals surface area contributed by atoms with Crippen molar-refractivity contribution >= 4 is 23.2 Å². The Morgan fingerprint density at radius 2 is 1.94 bits per heavy atom. The van der Waals surface area contributed by atoms with Crippen LogP contribution in [0.4, 0.5) is 0 Å². The molecule has 0 unspecified atom stereocenters. The van der Waals surface area contributed by atoms with Gasteiger partial charge in [-0.3, -0.25) is 9.89 Å². The van der Waals surface area contributed by atoms with Crippen molar-refractivity contribution in [3.05, 3.63) is 50.4 Å². The second kappa shape index (κ2) is 4.59. The first kappa shape index (κ1) is 12.3. The topological polar surface area (TPSA) is 37.8 Å². The number of hydrogen-bond donors (Lipinski definition) is 1. The molecule has 2 rings (SSSR count). The zero-order chi connectivity index (χ0) is 12.6. The van der Waals surface area contributed by atoms with E-state index in [1.807, 2.05) is 13.8 Å². The number of aromatic nitrogens is 2. The van der Waals surface area contributed by atoms with Crippen LogP contribution in [-0.2, 0) is 0 Å². The maximum Gasteiger partial charge on any atom is 0.271 e. The van der Waals surface area contributed by atoms with Gasteiger partial charge in [-0.15, -0.1) is 0 Å². The molecular formula is C12H12Cl2N2O. The fourth-order valence-electron chi connectivity index (χ4n) is 1.55. The van der Waals surface area contributed by atoms with Gasteiger partial charge >= 0.3 is 0 Å². The van der Waals surface area contributed by atoms with E-state index in [9.17, 15) is 4.79 Å². The van der Waals surface area contributed by atoms with E-state index in [-0.39, 0.29) is 11.5 Å². The summed E-state index contributed by atoms with van der Waals surface area (Å²) >= 11 is 12.0. The van der Waals surface area contributed by atoms with Crippen LogP contribution in [0, 0.1) is 0 Å². The highest BCUT2D eigenvalue weighted by Crippen LogP contribution is 2.23. The summed E-state index contributed by atoms with van der Waals surface area (Å²) < 4.78 is 1.41. The Hall–Kier alpha value is -1.19. The van der Waals surface area contributed by atoms with Crippen molar-refractivity contribution in [3.8, 4) is 5.69 Å². The number of halogens is 2. The summed E-state index contributed by atoms with van der Waals surface area (Å²) in [5.74, 6) is 0.252. The standard InChI is InChI=1S/C12H12Cl2N2O/c1-7(2)10-6-12(17)16(15-10)11-5-8(13)3-4-9(11)14/h3-7,15H,1-2H3. The lowest BCUT2D eigenvalue weighted by Gasteiger charge is -2.06. The average Bonchev–Trinajstić information content (AvgIpc) is 2.64. The monoisotopic (exact) mass is 270 g/mol. The number of nitrogens with zero attached hydrogens (tertiary/aromatic N) is 1. The predicted molar refractivity (Wildman–Crippen MR) is 70.5 cm³/mol. The van der Waals surface area contributed by atoms with Crippen LogP contribution >= 0.6 is 23.2 Å². The Kier molecular flexibility index (Phi) is 3.31. The molecule has 3 nitrogen and oxygen atoms in total. The van der Waals surface area contributed by atoms with Gasteiger partial charge in [-0.05, 0) is 24.1 Å². The maximum atomic E-state index is 11.8. The molecule has 0 spiro atoms. The predicted octanol–water partition coefficient (Wildman–Crippen LogP) is 3.60. The van der Waals surface area contributed by atoms with Gasteiger partial charge in [0, 0.05) is 16.8 Å². The highest BCUT2D eigenvalue weighted by Gasteiger charge is 2.10. The lowest BCUT2D eigenvalue weighted by molar-refractivity contribution is 0.760. The molecule has 2 aromatic rings. The zero-order valence-corrected chi connectivity index (χ0v) is 11.0. The first-order valence-corrected chi connectivity index (χ1v) is 6.02. The Morgan fingerprint density at radius 1 is 1.24 bits per heavy atom. The van der Waals surface area contributed by atoms with Gasteiger partial charge in [0.25, 0.3) is 5.56 Å². The first-order chi connectivity index (χ1) is 7.99. The summed E-state index contributed by atoms with van der Waals surface area (Å²) in [5, 5.41) is 4.05. The summed E-state index contributed by atoms with van der Waals surface area (Å²) in [4.78, 5) is 11.8. The van der Waals surface area contributed by atoms with Crippen LogP contribution in [0.5, 0.6) is 0 Å². The number of benzene rings is 1. The molecule has 1 aromatic heterocycles. The fourth-order valence-corrected chi connectivity index (χ4v) is 1.91. The molecule has 0 saturated heterocycles. The van der Waals surface area contributed by atoms with E-state index >= 15 is 0 Å². The van der Waals surface area contributed by atoms with Crippen LogP contribution in [-0.4, -0.2) is 9.78 Å². The minimum Gasteiger partial charge on any atom is -0.295 e. The smallest absolute Gasteiger partial charge is 0.271 e. The molecule has 0 atom stereocenters. The van der Waals surface area contributed by atoms with Gasteiger partial charge in [0.15, 0.2) is 0 Å². The molecule has 0 aliphatic rings. The van der Waals surface area contributed by atoms with Crippen molar-refractivity contribution in [2.45, 2.75) is 19.8 Å². The Labute approximate surface area is 109 Å². The fraction of sp³-hybridized carbons (Fsp3) is 0.250. The largest absolute Gasteiger partial charge is 0.295 e. The summed E-state index contributed by atoms with van der Waals surface area (Å²) in [7, 11) is 0. The lowest BCUT2D eigenvalue weighted by atomic mass is 10.1. The minimum absolute atomic E-state index is 0.141. The van der Waals surface area contributed by atoms with Crippen molar-refractivity contribution in [3.63, 3.8) is 0 Å². The molecule has 17 heavy (non-hydrogen) atoms. The molecular weight excluding hydrogens is 259 g/mol. The zero-order valence-electron chi connectivity index (χ0n) is 9.50. The quantitative estimate of drug-likeness (QED) is 0.890. The molecule has 5 heteroatoms. The Bertz CT molecular complexity index is 599. The van der Waals surface area contributed by atoms with Crippen molar-refractivity contribution in [1.82, 2.24) is 9.78 Å².